The fourth-order valence-corrected chi connectivity index (χ4v) is 4.84. The van der Waals surface area contributed by atoms with Crippen LogP contribution in [0.5, 0.6) is 0 Å². The summed E-state index contributed by atoms with van der Waals surface area (Å²) in [6, 6.07) is 23.7. The first-order valence-corrected chi connectivity index (χ1v) is 13.2. The molecule has 6 nitrogen and oxygen atoms in total. The minimum Gasteiger partial charge on any atom is -0.443 e. The summed E-state index contributed by atoms with van der Waals surface area (Å²) in [5, 5.41) is 11.8. The summed E-state index contributed by atoms with van der Waals surface area (Å²) in [4.78, 5) is 21.3. The van der Waals surface area contributed by atoms with E-state index in [1.54, 1.807) is 23.5 Å². The monoisotopic (exact) mass is 499 g/mol. The van der Waals surface area contributed by atoms with Crippen LogP contribution in [0.3, 0.4) is 0 Å². The van der Waals surface area contributed by atoms with Gasteiger partial charge >= 0.3 is 0 Å². The summed E-state index contributed by atoms with van der Waals surface area (Å²) in [6.45, 7) is 0. The van der Waals surface area contributed by atoms with E-state index < -0.39 is 0 Å². The molecule has 5 aromatic rings. The molecule has 0 aliphatic heterocycles. The molecule has 5 rings (SSSR count). The number of aromatic nitrogens is 2. The number of H-pyrrole nitrogens is 1. The summed E-state index contributed by atoms with van der Waals surface area (Å²) in [5.74, 6) is 0.688. The van der Waals surface area contributed by atoms with Crippen LogP contribution in [0.25, 0.3) is 45.0 Å². The van der Waals surface area contributed by atoms with Gasteiger partial charge in [-0.3, -0.25) is 10.1 Å². The third kappa shape index (κ3) is 4.50. The molecule has 174 valence electrons. The van der Waals surface area contributed by atoms with E-state index in [0.29, 0.717) is 17.0 Å². The van der Waals surface area contributed by atoms with E-state index in [9.17, 15) is 10.1 Å². The molecule has 0 atom stereocenters. The molecule has 2 aromatic heterocycles. The molecular weight excluding hydrogens is 478 g/mol. The highest BCUT2D eigenvalue weighted by molar-refractivity contribution is 7.98. The lowest BCUT2D eigenvalue weighted by atomic mass is 9.98. The average molecular weight is 500 g/mol. The highest BCUT2D eigenvalue weighted by Crippen LogP contribution is 2.40. The Bertz CT molecular complexity index is 1470. The zero-order chi connectivity index (χ0) is 24.4. The number of hydrogen-bond acceptors (Lipinski definition) is 6. The van der Waals surface area contributed by atoms with E-state index in [1.807, 2.05) is 85.3 Å². The largest absolute Gasteiger partial charge is 0.443 e. The maximum absolute atomic E-state index is 11.8. The van der Waals surface area contributed by atoms with E-state index in [2.05, 4.69) is 9.97 Å². The van der Waals surface area contributed by atoms with Crippen molar-refractivity contribution in [1.82, 2.24) is 9.97 Å². The van der Waals surface area contributed by atoms with Gasteiger partial charge in [-0.05, 0) is 47.9 Å². The fourth-order valence-electron chi connectivity index (χ4n) is 4.03. The van der Waals surface area contributed by atoms with Crippen molar-refractivity contribution in [2.24, 2.45) is 0 Å². The first-order chi connectivity index (χ1) is 17.1. The Morgan fingerprint density at radius 1 is 0.800 bits per heavy atom. The molecule has 8 heteroatoms. The molecule has 3 aromatic carbocycles. The average Bonchev–Trinajstić information content (AvgIpc) is 3.57. The molecule has 0 spiro atoms. The lowest BCUT2D eigenvalue weighted by Gasteiger charge is -2.07. The van der Waals surface area contributed by atoms with Gasteiger partial charge < -0.3 is 9.40 Å². The number of rotatable bonds is 7. The standard InChI is InChI=1S/C27H21N3O3S2/c1-34-21-11-7-18(8-12-21)25-24(23(15-28-25)30(31)32)17-3-5-19(6-4-17)26-27(33-16-29-26)20-9-13-22(35-2)14-10-20/h3-16,28H,1-2H3. The van der Waals surface area contributed by atoms with Crippen LogP contribution in [-0.4, -0.2) is 27.4 Å². The molecular formula is C27H21N3O3S2. The van der Waals surface area contributed by atoms with Gasteiger partial charge in [0.2, 0.25) is 0 Å². The van der Waals surface area contributed by atoms with E-state index in [-0.39, 0.29) is 10.6 Å². The Hall–Kier alpha value is -3.75. The number of nitrogens with one attached hydrogen (secondary N) is 1. The zero-order valence-electron chi connectivity index (χ0n) is 19.0. The number of nitrogens with zero attached hydrogens (tertiary/aromatic N) is 2. The Balaban J connectivity index is 1.53. The molecule has 0 aliphatic rings. The topological polar surface area (TPSA) is 85.0 Å². The maximum atomic E-state index is 11.8. The smallest absolute Gasteiger partial charge is 0.295 e. The van der Waals surface area contributed by atoms with Crippen molar-refractivity contribution in [2.75, 3.05) is 12.5 Å². The second-order valence-corrected chi connectivity index (χ2v) is 9.50. The van der Waals surface area contributed by atoms with Crippen molar-refractivity contribution in [2.45, 2.75) is 9.79 Å². The second kappa shape index (κ2) is 9.85. The van der Waals surface area contributed by atoms with Crippen LogP contribution in [0.2, 0.25) is 0 Å². The predicted octanol–water partition coefficient (Wildman–Crippen LogP) is 8.02. The van der Waals surface area contributed by atoms with Crippen LogP contribution in [0.15, 0.2) is 99.6 Å². The van der Waals surface area contributed by atoms with Crippen LogP contribution in [0.4, 0.5) is 5.69 Å². The van der Waals surface area contributed by atoms with Crippen LogP contribution in [0, 0.1) is 10.1 Å². The Kier molecular flexibility index (Phi) is 6.48. The Labute approximate surface area is 211 Å². The van der Waals surface area contributed by atoms with Crippen LogP contribution >= 0.6 is 23.5 Å². The third-order valence-electron chi connectivity index (χ3n) is 5.80. The minimum atomic E-state index is -0.354. The molecule has 0 bridgehead atoms. The van der Waals surface area contributed by atoms with Crippen molar-refractivity contribution >= 4 is 29.2 Å². The molecule has 0 radical (unpaired) electrons. The first-order valence-electron chi connectivity index (χ1n) is 10.8. The SMILES string of the molecule is CSc1ccc(-c2[nH]cc([N+](=O)[O-])c2-c2ccc(-c3ncoc3-c3ccc(SC)cc3)cc2)cc1. The molecule has 0 aliphatic carbocycles. The predicted molar refractivity (Wildman–Crippen MR) is 143 cm³/mol. The van der Waals surface area contributed by atoms with Crippen molar-refractivity contribution in [3.63, 3.8) is 0 Å². The van der Waals surface area contributed by atoms with Gasteiger partial charge in [0, 0.05) is 20.9 Å². The third-order valence-corrected chi connectivity index (χ3v) is 7.29. The lowest BCUT2D eigenvalue weighted by molar-refractivity contribution is -0.384. The van der Waals surface area contributed by atoms with E-state index >= 15 is 0 Å². The first kappa shape index (κ1) is 23.0. The van der Waals surface area contributed by atoms with Crippen molar-refractivity contribution in [1.29, 1.82) is 0 Å². The Morgan fingerprint density at radius 2 is 1.34 bits per heavy atom. The Morgan fingerprint density at radius 3 is 1.91 bits per heavy atom. The summed E-state index contributed by atoms with van der Waals surface area (Å²) in [5.41, 5.74) is 5.50. The van der Waals surface area contributed by atoms with E-state index in [4.69, 9.17) is 4.42 Å². The minimum absolute atomic E-state index is 0.0395. The van der Waals surface area contributed by atoms with Gasteiger partial charge in [-0.2, -0.15) is 0 Å². The van der Waals surface area contributed by atoms with Crippen molar-refractivity contribution in [3.8, 4) is 45.0 Å². The molecule has 35 heavy (non-hydrogen) atoms. The molecule has 1 N–H and O–H groups in total. The van der Waals surface area contributed by atoms with Crippen molar-refractivity contribution < 1.29 is 9.34 Å². The molecule has 0 saturated heterocycles. The number of aromatic amines is 1. The van der Waals surface area contributed by atoms with Gasteiger partial charge in [0.1, 0.15) is 5.69 Å². The highest BCUT2D eigenvalue weighted by Gasteiger charge is 2.23. The summed E-state index contributed by atoms with van der Waals surface area (Å²) in [6.07, 6.45) is 6.94. The van der Waals surface area contributed by atoms with Crippen molar-refractivity contribution in [3.05, 3.63) is 95.5 Å². The second-order valence-electron chi connectivity index (χ2n) is 7.75. The normalized spacial score (nSPS) is 11.0. The summed E-state index contributed by atoms with van der Waals surface area (Å²) < 4.78 is 5.71. The molecule has 2 heterocycles. The van der Waals surface area contributed by atoms with E-state index in [1.165, 1.54) is 17.5 Å². The zero-order valence-corrected chi connectivity index (χ0v) is 20.7. The quantitative estimate of drug-likeness (QED) is 0.139. The summed E-state index contributed by atoms with van der Waals surface area (Å²) in [7, 11) is 0. The number of nitro groups is 1. The lowest BCUT2D eigenvalue weighted by Crippen LogP contribution is -1.90. The highest BCUT2D eigenvalue weighted by atomic mass is 32.2. The number of hydrogen-bond donors (Lipinski definition) is 1. The van der Waals surface area contributed by atoms with Gasteiger partial charge in [0.15, 0.2) is 12.2 Å². The van der Waals surface area contributed by atoms with Crippen LogP contribution < -0.4 is 0 Å². The molecule has 0 unspecified atom stereocenters. The fraction of sp³-hybridized carbons (Fsp3) is 0.0741. The molecule has 0 fully saturated rings. The van der Waals surface area contributed by atoms with Gasteiger partial charge in [0.05, 0.1) is 22.4 Å². The van der Waals surface area contributed by atoms with Crippen LogP contribution in [0.1, 0.15) is 0 Å². The van der Waals surface area contributed by atoms with E-state index in [0.717, 1.165) is 32.8 Å². The molecule has 0 amide bonds. The number of thioether (sulfide) groups is 2. The van der Waals surface area contributed by atoms with Gasteiger partial charge in [-0.1, -0.05) is 48.5 Å². The molecule has 0 saturated carbocycles. The van der Waals surface area contributed by atoms with Gasteiger partial charge in [0.25, 0.3) is 5.69 Å². The maximum Gasteiger partial charge on any atom is 0.295 e. The van der Waals surface area contributed by atoms with Crippen LogP contribution in [-0.2, 0) is 0 Å². The number of oxazole rings is 1. The van der Waals surface area contributed by atoms with Gasteiger partial charge in [-0.15, -0.1) is 23.5 Å². The van der Waals surface area contributed by atoms with Gasteiger partial charge in [-0.25, -0.2) is 4.98 Å². The summed E-state index contributed by atoms with van der Waals surface area (Å²) >= 11 is 3.33. The number of benzene rings is 3.